The van der Waals surface area contributed by atoms with E-state index >= 15 is 0 Å². The van der Waals surface area contributed by atoms with Gasteiger partial charge in [0.05, 0.1) is 6.10 Å². The van der Waals surface area contributed by atoms with Crippen LogP contribution in [-0.4, -0.2) is 23.4 Å². The Morgan fingerprint density at radius 3 is 2.91 bits per heavy atom. The summed E-state index contributed by atoms with van der Waals surface area (Å²) in [6.45, 7) is 8.02. The molecular weight excluding hydrogens is 275 g/mol. The van der Waals surface area contributed by atoms with Gasteiger partial charge in [-0.2, -0.15) is 0 Å². The van der Waals surface area contributed by atoms with Gasteiger partial charge in [-0.3, -0.25) is 0 Å². The molecule has 4 heteroatoms. The van der Waals surface area contributed by atoms with E-state index in [0.717, 1.165) is 29.6 Å². The number of phenols is 1. The van der Waals surface area contributed by atoms with Crippen LogP contribution in [0, 0.1) is 0 Å². The molecule has 0 aliphatic carbocycles. The first-order valence-electron chi connectivity index (χ1n) is 7.61. The normalized spacial score (nSPS) is 19.0. The Hall–Kier alpha value is -1.78. The maximum absolute atomic E-state index is 9.67. The van der Waals surface area contributed by atoms with Crippen LogP contribution in [0.2, 0.25) is 6.32 Å². The van der Waals surface area contributed by atoms with E-state index in [-0.39, 0.29) is 11.9 Å². The van der Waals surface area contributed by atoms with Gasteiger partial charge in [0.1, 0.15) is 5.75 Å². The first-order chi connectivity index (χ1) is 10.5. The van der Waals surface area contributed by atoms with Crippen molar-refractivity contribution < 1.29 is 14.8 Å². The Balaban J connectivity index is 2.00. The molecule has 1 heterocycles. The molecule has 1 aromatic rings. The van der Waals surface area contributed by atoms with Gasteiger partial charge in [0, 0.05) is 6.32 Å². The van der Waals surface area contributed by atoms with Crippen LogP contribution in [0.15, 0.2) is 53.6 Å². The van der Waals surface area contributed by atoms with Crippen LogP contribution in [0.1, 0.15) is 32.3 Å². The molecule has 116 valence electrons. The molecule has 0 bridgehead atoms. The summed E-state index contributed by atoms with van der Waals surface area (Å²) in [6.07, 6.45) is 6.16. The van der Waals surface area contributed by atoms with Crippen molar-refractivity contribution in [2.24, 2.45) is 0 Å². The lowest BCUT2D eigenvalue weighted by Gasteiger charge is -2.27. The van der Waals surface area contributed by atoms with Gasteiger partial charge in [-0.25, -0.2) is 0 Å². The van der Waals surface area contributed by atoms with Crippen molar-refractivity contribution in [2.45, 2.75) is 39.1 Å². The summed E-state index contributed by atoms with van der Waals surface area (Å²) in [5.74, 6) is 0.271. The lowest BCUT2D eigenvalue weighted by molar-refractivity contribution is 0.183. The number of hydrogen-bond donors (Lipinski definition) is 2. The molecule has 2 rings (SSSR count). The Labute approximate surface area is 132 Å². The zero-order chi connectivity index (χ0) is 16.1. The molecule has 0 spiro atoms. The van der Waals surface area contributed by atoms with Gasteiger partial charge in [-0.15, -0.1) is 0 Å². The van der Waals surface area contributed by atoms with Gasteiger partial charge < -0.3 is 14.8 Å². The summed E-state index contributed by atoms with van der Waals surface area (Å²) >= 11 is 0. The second-order valence-corrected chi connectivity index (χ2v) is 5.88. The summed E-state index contributed by atoms with van der Waals surface area (Å²) in [5, 5.41) is 19.2. The third kappa shape index (κ3) is 4.62. The summed E-state index contributed by atoms with van der Waals surface area (Å²) in [5.41, 5.74) is 4.27. The van der Waals surface area contributed by atoms with Crippen LogP contribution in [-0.2, 0) is 4.65 Å². The lowest BCUT2D eigenvalue weighted by atomic mass is 9.78. The molecule has 0 fully saturated rings. The van der Waals surface area contributed by atoms with Crippen molar-refractivity contribution >= 4 is 13.2 Å². The molecule has 1 aliphatic rings. The highest BCUT2D eigenvalue weighted by molar-refractivity contribution is 6.43. The van der Waals surface area contributed by atoms with Crippen LogP contribution in [0.3, 0.4) is 0 Å². The molecule has 1 aliphatic heterocycles. The standard InChI is InChI=1S/C18H23BO3/c1-13(2)17-9-10-19(21)22-18(17)8-7-14(3)11-15-5-4-6-16(20)12-15/h4-6,9,11-12,18,20-21H,1,7-8,10H2,2-3H3/b14-11+. The smallest absolute Gasteiger partial charge is 0.458 e. The summed E-state index contributed by atoms with van der Waals surface area (Å²) in [7, 11) is -0.719. The molecule has 1 atom stereocenters. The first-order valence-corrected chi connectivity index (χ1v) is 7.61. The van der Waals surface area contributed by atoms with Crippen molar-refractivity contribution in [1.29, 1.82) is 0 Å². The Morgan fingerprint density at radius 1 is 1.45 bits per heavy atom. The monoisotopic (exact) mass is 298 g/mol. The zero-order valence-electron chi connectivity index (χ0n) is 13.2. The van der Waals surface area contributed by atoms with E-state index in [1.807, 2.05) is 25.1 Å². The van der Waals surface area contributed by atoms with E-state index in [1.54, 1.807) is 12.1 Å². The minimum atomic E-state index is -0.719. The SMILES string of the molecule is C=C(C)C1=CCB(O)OC1CC/C(C)=C/c1cccc(O)c1. The van der Waals surface area contributed by atoms with Crippen LogP contribution in [0.25, 0.3) is 6.08 Å². The van der Waals surface area contributed by atoms with Gasteiger partial charge >= 0.3 is 7.12 Å². The minimum absolute atomic E-state index is 0.103. The van der Waals surface area contributed by atoms with Crippen molar-refractivity contribution in [3.8, 4) is 5.75 Å². The predicted molar refractivity (Wildman–Crippen MR) is 91.5 cm³/mol. The highest BCUT2D eigenvalue weighted by Gasteiger charge is 2.26. The van der Waals surface area contributed by atoms with Crippen molar-refractivity contribution in [3.05, 3.63) is 59.2 Å². The van der Waals surface area contributed by atoms with E-state index < -0.39 is 7.12 Å². The predicted octanol–water partition coefficient (Wildman–Crippen LogP) is 3.96. The Kier molecular flexibility index (Phi) is 5.64. The number of aromatic hydroxyl groups is 1. The fourth-order valence-corrected chi connectivity index (χ4v) is 2.68. The molecule has 0 saturated heterocycles. The molecule has 2 N–H and O–H groups in total. The maximum atomic E-state index is 9.67. The molecule has 0 saturated carbocycles. The van der Waals surface area contributed by atoms with Gasteiger partial charge in [0.2, 0.25) is 0 Å². The van der Waals surface area contributed by atoms with Gasteiger partial charge in [-0.05, 0) is 50.0 Å². The van der Waals surface area contributed by atoms with Gasteiger partial charge in [0.15, 0.2) is 0 Å². The van der Waals surface area contributed by atoms with Gasteiger partial charge in [0.25, 0.3) is 0 Å². The second kappa shape index (κ2) is 7.48. The van der Waals surface area contributed by atoms with E-state index in [1.165, 1.54) is 5.57 Å². The quantitative estimate of drug-likeness (QED) is 0.809. The third-order valence-corrected chi connectivity index (χ3v) is 3.78. The second-order valence-electron chi connectivity index (χ2n) is 5.88. The van der Waals surface area contributed by atoms with Crippen LogP contribution in [0.4, 0.5) is 0 Å². The first kappa shape index (κ1) is 16.6. The molecule has 22 heavy (non-hydrogen) atoms. The molecular formula is C18H23BO3. The van der Waals surface area contributed by atoms with E-state index in [2.05, 4.69) is 19.6 Å². The average Bonchev–Trinajstić information content (AvgIpc) is 2.45. The average molecular weight is 298 g/mol. The third-order valence-electron chi connectivity index (χ3n) is 3.78. The van der Waals surface area contributed by atoms with E-state index in [9.17, 15) is 10.1 Å². The number of benzene rings is 1. The van der Waals surface area contributed by atoms with E-state index in [4.69, 9.17) is 4.65 Å². The fourth-order valence-electron chi connectivity index (χ4n) is 2.68. The van der Waals surface area contributed by atoms with Gasteiger partial charge in [-0.1, -0.05) is 42.0 Å². The lowest BCUT2D eigenvalue weighted by Crippen LogP contribution is -2.31. The minimum Gasteiger partial charge on any atom is -0.508 e. The van der Waals surface area contributed by atoms with Crippen LogP contribution >= 0.6 is 0 Å². The van der Waals surface area contributed by atoms with Crippen LogP contribution < -0.4 is 0 Å². The molecule has 1 unspecified atom stereocenters. The fraction of sp³-hybridized carbons (Fsp3) is 0.333. The molecule has 0 radical (unpaired) electrons. The number of allylic oxidation sites excluding steroid dienone is 2. The number of hydrogen-bond acceptors (Lipinski definition) is 3. The zero-order valence-corrected chi connectivity index (χ0v) is 13.2. The summed E-state index contributed by atoms with van der Waals surface area (Å²) in [6, 6.07) is 7.19. The molecule has 1 aromatic carbocycles. The number of rotatable bonds is 5. The largest absolute Gasteiger partial charge is 0.508 e. The molecule has 0 amide bonds. The maximum Gasteiger partial charge on any atom is 0.458 e. The Bertz CT molecular complexity index is 604. The molecule has 3 nitrogen and oxygen atoms in total. The highest BCUT2D eigenvalue weighted by Crippen LogP contribution is 2.27. The van der Waals surface area contributed by atoms with Crippen molar-refractivity contribution in [3.63, 3.8) is 0 Å². The summed E-state index contributed by atoms with van der Waals surface area (Å²) < 4.78 is 5.64. The summed E-state index contributed by atoms with van der Waals surface area (Å²) in [4.78, 5) is 0. The van der Waals surface area contributed by atoms with Crippen molar-refractivity contribution in [2.75, 3.05) is 0 Å². The van der Waals surface area contributed by atoms with Crippen molar-refractivity contribution in [1.82, 2.24) is 0 Å². The number of phenolic OH excluding ortho intramolecular Hbond substituents is 1. The van der Waals surface area contributed by atoms with E-state index in [0.29, 0.717) is 6.32 Å². The topological polar surface area (TPSA) is 49.7 Å². The van der Waals surface area contributed by atoms with Crippen LogP contribution in [0.5, 0.6) is 5.75 Å². The highest BCUT2D eigenvalue weighted by atomic mass is 16.5. The molecule has 0 aromatic heterocycles. The Morgan fingerprint density at radius 2 is 2.23 bits per heavy atom.